The molecule has 1 aromatic heterocycles. The van der Waals surface area contributed by atoms with Crippen molar-refractivity contribution in [2.45, 2.75) is 32.3 Å². The number of aliphatic hydroxyl groups is 1. The second kappa shape index (κ2) is 5.54. The molecule has 0 aromatic carbocycles. The van der Waals surface area contributed by atoms with Gasteiger partial charge >= 0.3 is 0 Å². The molecule has 20 heavy (non-hydrogen) atoms. The van der Waals surface area contributed by atoms with Gasteiger partial charge in [0.15, 0.2) is 0 Å². The quantitative estimate of drug-likeness (QED) is 0.863. The Bertz CT molecular complexity index is 478. The van der Waals surface area contributed by atoms with E-state index in [2.05, 4.69) is 5.16 Å². The van der Waals surface area contributed by atoms with Crippen molar-refractivity contribution in [3.05, 3.63) is 17.0 Å². The van der Waals surface area contributed by atoms with E-state index in [0.29, 0.717) is 38.2 Å². The molecule has 0 saturated carbocycles. The minimum Gasteiger partial charge on any atom is -0.387 e. The van der Waals surface area contributed by atoms with Crippen LogP contribution in [-0.2, 0) is 11.2 Å². The fourth-order valence-corrected chi connectivity index (χ4v) is 2.80. The molecule has 2 heterocycles. The van der Waals surface area contributed by atoms with E-state index in [0.717, 1.165) is 11.3 Å². The van der Waals surface area contributed by atoms with Crippen LogP contribution >= 0.6 is 0 Å². The Labute approximate surface area is 119 Å². The number of carbonyl (C=O) groups excluding carboxylic acids is 1. The van der Waals surface area contributed by atoms with Crippen LogP contribution in [0.1, 0.15) is 23.4 Å². The predicted molar refractivity (Wildman–Crippen MR) is 74.4 cm³/mol. The number of hydrogen-bond donors (Lipinski definition) is 1. The van der Waals surface area contributed by atoms with Gasteiger partial charge < -0.3 is 19.4 Å². The van der Waals surface area contributed by atoms with Gasteiger partial charge in [-0.05, 0) is 34.4 Å². The third kappa shape index (κ3) is 3.19. The zero-order valence-corrected chi connectivity index (χ0v) is 12.6. The molecule has 1 atom stereocenters. The summed E-state index contributed by atoms with van der Waals surface area (Å²) in [4.78, 5) is 16.0. The van der Waals surface area contributed by atoms with Crippen LogP contribution in [0.25, 0.3) is 0 Å². The molecule has 1 unspecified atom stereocenters. The lowest BCUT2D eigenvalue weighted by atomic mass is 10.0. The summed E-state index contributed by atoms with van der Waals surface area (Å²) in [6, 6.07) is 0. The fourth-order valence-electron chi connectivity index (χ4n) is 2.80. The summed E-state index contributed by atoms with van der Waals surface area (Å²) in [6.07, 6.45) is 0.914. The van der Waals surface area contributed by atoms with E-state index in [1.165, 1.54) is 0 Å². The molecule has 6 heteroatoms. The highest BCUT2D eigenvalue weighted by molar-refractivity contribution is 5.79. The van der Waals surface area contributed by atoms with Gasteiger partial charge in [-0.15, -0.1) is 0 Å². The summed E-state index contributed by atoms with van der Waals surface area (Å²) >= 11 is 0. The van der Waals surface area contributed by atoms with Crippen molar-refractivity contribution < 1.29 is 14.4 Å². The summed E-state index contributed by atoms with van der Waals surface area (Å²) in [6.45, 7) is 5.22. The van der Waals surface area contributed by atoms with E-state index in [-0.39, 0.29) is 5.91 Å². The topological polar surface area (TPSA) is 69.8 Å². The number of aromatic nitrogens is 1. The summed E-state index contributed by atoms with van der Waals surface area (Å²) < 4.78 is 5.08. The van der Waals surface area contributed by atoms with Crippen molar-refractivity contribution in [3.8, 4) is 0 Å². The monoisotopic (exact) mass is 281 g/mol. The first-order valence-electron chi connectivity index (χ1n) is 6.87. The van der Waals surface area contributed by atoms with E-state index in [1.807, 2.05) is 32.8 Å². The smallest absolute Gasteiger partial charge is 0.227 e. The van der Waals surface area contributed by atoms with Crippen molar-refractivity contribution in [3.63, 3.8) is 0 Å². The van der Waals surface area contributed by atoms with E-state index in [1.54, 1.807) is 4.90 Å². The minimum atomic E-state index is -0.794. The summed E-state index contributed by atoms with van der Waals surface area (Å²) in [7, 11) is 3.85. The second-order valence-electron chi connectivity index (χ2n) is 6.01. The highest BCUT2D eigenvalue weighted by Gasteiger charge is 2.38. The Kier molecular flexibility index (Phi) is 4.15. The van der Waals surface area contributed by atoms with Gasteiger partial charge in [0.05, 0.1) is 24.3 Å². The van der Waals surface area contributed by atoms with Crippen LogP contribution in [0.2, 0.25) is 0 Å². The van der Waals surface area contributed by atoms with Crippen LogP contribution in [0.3, 0.4) is 0 Å². The first-order chi connectivity index (χ1) is 9.31. The van der Waals surface area contributed by atoms with Gasteiger partial charge in [-0.2, -0.15) is 0 Å². The molecule has 1 saturated heterocycles. The van der Waals surface area contributed by atoms with E-state index < -0.39 is 5.60 Å². The Hall–Kier alpha value is -1.40. The van der Waals surface area contributed by atoms with Crippen LogP contribution in [-0.4, -0.2) is 65.3 Å². The fraction of sp³-hybridized carbons (Fsp3) is 0.714. The van der Waals surface area contributed by atoms with Gasteiger partial charge in [-0.1, -0.05) is 5.16 Å². The van der Waals surface area contributed by atoms with Gasteiger partial charge in [0, 0.05) is 18.7 Å². The van der Waals surface area contributed by atoms with Crippen molar-refractivity contribution in [2.75, 3.05) is 33.7 Å². The Morgan fingerprint density at radius 2 is 2.20 bits per heavy atom. The third-order valence-electron chi connectivity index (χ3n) is 3.80. The number of aryl methyl sites for hydroxylation is 2. The minimum absolute atomic E-state index is 0.0223. The summed E-state index contributed by atoms with van der Waals surface area (Å²) in [5.74, 6) is 0.715. The predicted octanol–water partition coefficient (Wildman–Crippen LogP) is 0.359. The number of rotatable bonds is 4. The van der Waals surface area contributed by atoms with Crippen molar-refractivity contribution in [2.24, 2.45) is 0 Å². The zero-order chi connectivity index (χ0) is 14.9. The molecule has 2 rings (SSSR count). The number of likely N-dealkylation sites (tertiary alicyclic amines) is 1. The third-order valence-corrected chi connectivity index (χ3v) is 3.80. The van der Waals surface area contributed by atoms with E-state index in [9.17, 15) is 9.90 Å². The van der Waals surface area contributed by atoms with Crippen LogP contribution in [0.15, 0.2) is 4.52 Å². The highest BCUT2D eigenvalue weighted by Crippen LogP contribution is 2.23. The van der Waals surface area contributed by atoms with E-state index in [4.69, 9.17) is 4.52 Å². The number of amides is 1. The molecule has 1 aliphatic rings. The molecule has 1 aromatic rings. The number of likely N-dealkylation sites (N-methyl/N-ethyl adjacent to an activating group) is 1. The SMILES string of the molecule is Cc1noc(C)c1CC(=O)N1CCC(O)(CN(C)C)C1. The molecule has 0 aliphatic carbocycles. The highest BCUT2D eigenvalue weighted by atomic mass is 16.5. The molecule has 1 amide bonds. The van der Waals surface area contributed by atoms with Gasteiger partial charge in [0.1, 0.15) is 5.76 Å². The number of hydrogen-bond acceptors (Lipinski definition) is 5. The van der Waals surface area contributed by atoms with Gasteiger partial charge in [-0.3, -0.25) is 4.79 Å². The molecule has 0 radical (unpaired) electrons. The molecule has 0 bridgehead atoms. The summed E-state index contributed by atoms with van der Waals surface area (Å²) in [5, 5.41) is 14.3. The Balaban J connectivity index is 1.98. The van der Waals surface area contributed by atoms with Crippen LogP contribution in [0.5, 0.6) is 0 Å². The van der Waals surface area contributed by atoms with Crippen LogP contribution in [0.4, 0.5) is 0 Å². The van der Waals surface area contributed by atoms with Gasteiger partial charge in [0.25, 0.3) is 0 Å². The molecule has 1 aliphatic heterocycles. The van der Waals surface area contributed by atoms with Crippen LogP contribution in [0, 0.1) is 13.8 Å². The molecule has 6 nitrogen and oxygen atoms in total. The molecule has 1 fully saturated rings. The molecular weight excluding hydrogens is 258 g/mol. The lowest BCUT2D eigenvalue weighted by Gasteiger charge is -2.26. The number of nitrogens with zero attached hydrogens (tertiary/aromatic N) is 3. The largest absolute Gasteiger partial charge is 0.387 e. The summed E-state index contributed by atoms with van der Waals surface area (Å²) in [5.41, 5.74) is 0.828. The van der Waals surface area contributed by atoms with Crippen molar-refractivity contribution in [1.82, 2.24) is 15.0 Å². The Morgan fingerprint density at radius 1 is 1.50 bits per heavy atom. The lowest BCUT2D eigenvalue weighted by molar-refractivity contribution is -0.130. The standard InChI is InChI=1S/C14H23N3O3/c1-10-12(11(2)20-15-10)7-13(18)17-6-5-14(19,9-17)8-16(3)4/h19H,5-9H2,1-4H3. The number of β-amino-alcohol motifs (C(OH)–C–C–N with tert-alkyl or cyclic N) is 1. The van der Waals surface area contributed by atoms with Gasteiger partial charge in [0.2, 0.25) is 5.91 Å². The zero-order valence-electron chi connectivity index (χ0n) is 12.6. The van der Waals surface area contributed by atoms with Crippen LogP contribution < -0.4 is 0 Å². The average molecular weight is 281 g/mol. The van der Waals surface area contributed by atoms with Gasteiger partial charge in [-0.25, -0.2) is 0 Å². The Morgan fingerprint density at radius 3 is 2.75 bits per heavy atom. The maximum atomic E-state index is 12.3. The number of carbonyl (C=O) groups is 1. The molecular formula is C14H23N3O3. The second-order valence-corrected chi connectivity index (χ2v) is 6.01. The molecule has 1 N–H and O–H groups in total. The maximum Gasteiger partial charge on any atom is 0.227 e. The van der Waals surface area contributed by atoms with Crippen molar-refractivity contribution in [1.29, 1.82) is 0 Å². The van der Waals surface area contributed by atoms with Crippen molar-refractivity contribution >= 4 is 5.91 Å². The van der Waals surface area contributed by atoms with E-state index >= 15 is 0 Å². The lowest BCUT2D eigenvalue weighted by Crippen LogP contribution is -2.43. The first kappa shape index (κ1) is 15.0. The first-order valence-corrected chi connectivity index (χ1v) is 6.87. The molecule has 0 spiro atoms. The molecule has 112 valence electrons. The normalized spacial score (nSPS) is 22.8. The average Bonchev–Trinajstić information content (AvgIpc) is 2.86. The maximum absolute atomic E-state index is 12.3.